The topological polar surface area (TPSA) is 119 Å². The lowest BCUT2D eigenvalue weighted by Crippen LogP contribution is -2.52. The Morgan fingerprint density at radius 3 is 2.25 bits per heavy atom. The van der Waals surface area contributed by atoms with Gasteiger partial charge in [-0.1, -0.05) is 30.3 Å². The van der Waals surface area contributed by atoms with Crippen LogP contribution in [-0.4, -0.2) is 56.4 Å². The predicted molar refractivity (Wildman–Crippen MR) is 106 cm³/mol. The minimum absolute atomic E-state index is 0.0431. The quantitative estimate of drug-likeness (QED) is 0.589. The van der Waals surface area contributed by atoms with Crippen LogP contribution in [-0.2, 0) is 30.6 Å². The van der Waals surface area contributed by atoms with E-state index < -0.39 is 39.5 Å². The van der Waals surface area contributed by atoms with Crippen molar-refractivity contribution in [2.24, 2.45) is 0 Å². The van der Waals surface area contributed by atoms with Crippen molar-refractivity contribution in [1.82, 2.24) is 10.6 Å². The second kappa shape index (κ2) is 10.2. The Hall–Kier alpha value is -2.42. The van der Waals surface area contributed by atoms with Gasteiger partial charge in [-0.25, -0.2) is 13.2 Å². The normalized spacial score (nSPS) is 13.9. The molecule has 28 heavy (non-hydrogen) atoms. The number of hydrogen-bond donors (Lipinski definition) is 2. The second-order valence-electron chi connectivity index (χ2n) is 7.56. The fourth-order valence-electron chi connectivity index (χ4n) is 2.31. The molecule has 0 unspecified atom stereocenters. The summed E-state index contributed by atoms with van der Waals surface area (Å²) >= 11 is 0. The van der Waals surface area contributed by atoms with Gasteiger partial charge in [0.15, 0.2) is 0 Å². The van der Waals surface area contributed by atoms with Crippen LogP contribution in [0.25, 0.3) is 0 Å². The fourth-order valence-corrected chi connectivity index (χ4v) is 2.99. The Morgan fingerprint density at radius 1 is 1.14 bits per heavy atom. The van der Waals surface area contributed by atoms with Crippen LogP contribution in [0.1, 0.15) is 32.8 Å². The number of amides is 2. The molecule has 2 atom stereocenters. The van der Waals surface area contributed by atoms with Crippen LogP contribution in [0.15, 0.2) is 30.3 Å². The summed E-state index contributed by atoms with van der Waals surface area (Å²) in [5.41, 5.74) is 0.0658. The van der Waals surface area contributed by atoms with Gasteiger partial charge >= 0.3 is 6.09 Å². The minimum Gasteiger partial charge on any atom is -0.444 e. The minimum atomic E-state index is -3.27. The number of hydrogen-bond acceptors (Lipinski definition) is 6. The maximum absolute atomic E-state index is 12.7. The lowest BCUT2D eigenvalue weighted by molar-refractivity contribution is -0.125. The number of carbonyl (C=O) groups excluding carboxylic acids is 3. The maximum atomic E-state index is 12.7. The maximum Gasteiger partial charge on any atom is 0.408 e. The Kier molecular flexibility index (Phi) is 8.62. The van der Waals surface area contributed by atoms with Crippen molar-refractivity contribution >= 4 is 28.1 Å². The van der Waals surface area contributed by atoms with Gasteiger partial charge in [-0.05, 0) is 32.8 Å². The van der Waals surface area contributed by atoms with Gasteiger partial charge in [0.25, 0.3) is 0 Å². The highest BCUT2D eigenvalue weighted by molar-refractivity contribution is 7.90. The molecule has 2 amide bonds. The van der Waals surface area contributed by atoms with Gasteiger partial charge in [0.05, 0.1) is 11.8 Å². The largest absolute Gasteiger partial charge is 0.444 e. The van der Waals surface area contributed by atoms with E-state index >= 15 is 0 Å². The fraction of sp³-hybridized carbons (Fsp3) is 0.526. The highest BCUT2D eigenvalue weighted by atomic mass is 32.2. The van der Waals surface area contributed by atoms with Crippen molar-refractivity contribution in [2.75, 3.05) is 12.0 Å². The van der Waals surface area contributed by atoms with Crippen LogP contribution >= 0.6 is 0 Å². The monoisotopic (exact) mass is 412 g/mol. The number of sulfone groups is 1. The molecule has 9 heteroatoms. The zero-order valence-corrected chi connectivity index (χ0v) is 17.4. The third-order valence-electron chi connectivity index (χ3n) is 3.58. The summed E-state index contributed by atoms with van der Waals surface area (Å²) < 4.78 is 27.8. The molecule has 1 aromatic rings. The van der Waals surface area contributed by atoms with E-state index in [-0.39, 0.29) is 18.6 Å². The number of nitrogens with one attached hydrogen (secondary N) is 2. The summed E-state index contributed by atoms with van der Waals surface area (Å²) in [6, 6.07) is 7.08. The Morgan fingerprint density at radius 2 is 1.75 bits per heavy atom. The summed E-state index contributed by atoms with van der Waals surface area (Å²) in [5.74, 6) is -0.834. The summed E-state index contributed by atoms with van der Waals surface area (Å²) in [6.45, 7) is 5.10. The van der Waals surface area contributed by atoms with E-state index in [0.717, 1.165) is 11.8 Å². The molecular weight excluding hydrogens is 384 g/mol. The van der Waals surface area contributed by atoms with E-state index in [1.54, 1.807) is 45.0 Å². The van der Waals surface area contributed by atoms with Crippen molar-refractivity contribution in [1.29, 1.82) is 0 Å². The molecule has 0 heterocycles. The van der Waals surface area contributed by atoms with Gasteiger partial charge in [0.2, 0.25) is 5.91 Å². The smallest absolute Gasteiger partial charge is 0.408 e. The molecule has 1 aromatic carbocycles. The number of benzene rings is 1. The van der Waals surface area contributed by atoms with E-state index in [0.29, 0.717) is 6.29 Å². The first kappa shape index (κ1) is 23.6. The summed E-state index contributed by atoms with van der Waals surface area (Å²) in [4.78, 5) is 36.0. The standard InChI is InChI=1S/C19H28N2O6S/c1-19(2,3)27-18(24)21-16(12-14-8-6-5-7-9-14)17(23)20-15(13-22)10-11-28(4,25)26/h5-9,13,15-16H,10-12H2,1-4H3,(H,20,23)(H,21,24)/t15-,16-/m0/s1. The van der Waals surface area contributed by atoms with E-state index in [1.165, 1.54) is 0 Å². The van der Waals surface area contributed by atoms with E-state index in [2.05, 4.69) is 10.6 Å². The number of aldehydes is 1. The lowest BCUT2D eigenvalue weighted by Gasteiger charge is -2.24. The molecule has 0 aliphatic heterocycles. The third-order valence-corrected chi connectivity index (χ3v) is 4.56. The Balaban J connectivity index is 2.87. The number of rotatable bonds is 9. The molecule has 0 saturated carbocycles. The van der Waals surface area contributed by atoms with E-state index in [1.807, 2.05) is 6.07 Å². The molecule has 0 radical (unpaired) electrons. The highest BCUT2D eigenvalue weighted by Gasteiger charge is 2.26. The molecule has 0 bridgehead atoms. The molecule has 0 aliphatic carbocycles. The van der Waals surface area contributed by atoms with Crippen molar-refractivity contribution in [3.63, 3.8) is 0 Å². The zero-order valence-electron chi connectivity index (χ0n) is 16.6. The zero-order chi connectivity index (χ0) is 21.4. The Bertz CT molecular complexity index is 771. The lowest BCUT2D eigenvalue weighted by atomic mass is 10.0. The summed E-state index contributed by atoms with van der Waals surface area (Å²) in [7, 11) is -3.27. The van der Waals surface area contributed by atoms with Crippen LogP contribution in [0.4, 0.5) is 4.79 Å². The molecule has 0 aromatic heterocycles. The number of ether oxygens (including phenoxy) is 1. The van der Waals surface area contributed by atoms with Crippen molar-refractivity contribution in [3.8, 4) is 0 Å². The first-order valence-electron chi connectivity index (χ1n) is 8.86. The Labute approximate surface area is 165 Å². The van der Waals surface area contributed by atoms with E-state index in [9.17, 15) is 22.8 Å². The van der Waals surface area contributed by atoms with Crippen molar-refractivity contribution in [3.05, 3.63) is 35.9 Å². The summed E-state index contributed by atoms with van der Waals surface area (Å²) in [6.07, 6.45) is 0.916. The molecule has 1 rings (SSSR count). The van der Waals surface area contributed by atoms with Gasteiger partial charge in [0, 0.05) is 12.7 Å². The number of carbonyl (C=O) groups is 3. The predicted octanol–water partition coefficient (Wildman–Crippen LogP) is 1.24. The third kappa shape index (κ3) is 10.1. The van der Waals surface area contributed by atoms with Crippen LogP contribution < -0.4 is 10.6 Å². The van der Waals surface area contributed by atoms with Crippen LogP contribution in [0, 0.1) is 0 Å². The highest BCUT2D eigenvalue weighted by Crippen LogP contribution is 2.09. The molecule has 2 N–H and O–H groups in total. The molecule has 0 aliphatic rings. The molecule has 0 fully saturated rings. The molecule has 0 spiro atoms. The number of alkyl carbamates (subject to hydrolysis) is 1. The molecule has 0 saturated heterocycles. The van der Waals surface area contributed by atoms with Gasteiger partial charge < -0.3 is 20.2 Å². The second-order valence-corrected chi connectivity index (χ2v) is 9.82. The van der Waals surface area contributed by atoms with E-state index in [4.69, 9.17) is 4.74 Å². The first-order valence-corrected chi connectivity index (χ1v) is 10.9. The molecular formula is C19H28N2O6S. The SMILES string of the molecule is CC(C)(C)OC(=O)N[C@@H](Cc1ccccc1)C(=O)N[C@H](C=O)CCS(C)(=O)=O. The average Bonchev–Trinajstić information content (AvgIpc) is 2.56. The first-order chi connectivity index (χ1) is 12.9. The van der Waals surface area contributed by atoms with Gasteiger partial charge in [0.1, 0.15) is 27.8 Å². The van der Waals surface area contributed by atoms with Crippen molar-refractivity contribution in [2.45, 2.75) is 51.3 Å². The average molecular weight is 413 g/mol. The van der Waals surface area contributed by atoms with Gasteiger partial charge in [-0.15, -0.1) is 0 Å². The van der Waals surface area contributed by atoms with Crippen molar-refractivity contribution < 1.29 is 27.5 Å². The van der Waals surface area contributed by atoms with Crippen LogP contribution in [0.5, 0.6) is 0 Å². The molecule has 156 valence electrons. The van der Waals surface area contributed by atoms with Crippen LogP contribution in [0.2, 0.25) is 0 Å². The van der Waals surface area contributed by atoms with Gasteiger partial charge in [-0.3, -0.25) is 4.79 Å². The van der Waals surface area contributed by atoms with Gasteiger partial charge in [-0.2, -0.15) is 0 Å². The van der Waals surface area contributed by atoms with Crippen LogP contribution in [0.3, 0.4) is 0 Å². The summed E-state index contributed by atoms with van der Waals surface area (Å²) in [5, 5.41) is 5.00. The molecule has 8 nitrogen and oxygen atoms in total.